The van der Waals surface area contributed by atoms with Crippen molar-refractivity contribution in [3.63, 3.8) is 0 Å². The van der Waals surface area contributed by atoms with Gasteiger partial charge in [0.2, 0.25) is 0 Å². The molecule has 2 aromatic heterocycles. The van der Waals surface area contributed by atoms with Crippen LogP contribution in [0.4, 0.5) is 19.0 Å². The van der Waals surface area contributed by atoms with Gasteiger partial charge in [0.1, 0.15) is 5.82 Å². The summed E-state index contributed by atoms with van der Waals surface area (Å²) in [4.78, 5) is 12.6. The average molecular weight is 453 g/mol. The molecule has 0 bridgehead atoms. The standard InChI is InChI=1S/C20H20ClF3N6O/c1-11-13(10-29(2)27-11)9-25-19(31)16-8-18-26-15(12-3-5-14(21)6-4-12)7-17(20(22,23)24)30(18)28-16/h3-6,8,10,15,17,26H,7,9H2,1-2H3,(H,25,31)/t15-,17-/m0/s1. The van der Waals surface area contributed by atoms with Gasteiger partial charge in [-0.25, -0.2) is 4.68 Å². The maximum atomic E-state index is 13.8. The van der Waals surface area contributed by atoms with Crippen molar-refractivity contribution in [1.82, 2.24) is 24.9 Å². The van der Waals surface area contributed by atoms with Gasteiger partial charge in [0.25, 0.3) is 5.91 Å². The number of carbonyl (C=O) groups is 1. The Balaban J connectivity index is 1.58. The summed E-state index contributed by atoms with van der Waals surface area (Å²) in [6.45, 7) is 2.01. The molecule has 3 aromatic rings. The Bertz CT molecular complexity index is 1110. The van der Waals surface area contributed by atoms with E-state index in [9.17, 15) is 18.0 Å². The molecule has 1 aliphatic rings. The summed E-state index contributed by atoms with van der Waals surface area (Å²) in [7, 11) is 1.77. The van der Waals surface area contributed by atoms with Crippen LogP contribution in [0.1, 0.15) is 45.8 Å². The second-order valence-corrected chi connectivity index (χ2v) is 7.93. The number of carbonyl (C=O) groups excluding carboxylic acids is 1. The smallest absolute Gasteiger partial charge is 0.363 e. The maximum Gasteiger partial charge on any atom is 0.410 e. The second kappa shape index (κ2) is 7.92. The van der Waals surface area contributed by atoms with Crippen LogP contribution in [0.3, 0.4) is 0 Å². The van der Waals surface area contributed by atoms with E-state index in [4.69, 9.17) is 11.6 Å². The number of fused-ring (bicyclic) bond motifs is 1. The number of nitrogens with one attached hydrogen (secondary N) is 2. The topological polar surface area (TPSA) is 76.8 Å². The molecular formula is C20H20ClF3N6O. The normalized spacial score (nSPS) is 18.4. The number of nitrogens with zero attached hydrogens (tertiary/aromatic N) is 4. The average Bonchev–Trinajstić information content (AvgIpc) is 3.27. The number of amides is 1. The number of rotatable bonds is 4. The highest BCUT2D eigenvalue weighted by Crippen LogP contribution is 2.43. The highest BCUT2D eigenvalue weighted by Gasteiger charge is 2.46. The third kappa shape index (κ3) is 4.39. The molecule has 2 N–H and O–H groups in total. The predicted octanol–water partition coefficient (Wildman–Crippen LogP) is 4.17. The first-order chi connectivity index (χ1) is 14.6. The van der Waals surface area contributed by atoms with E-state index in [-0.39, 0.29) is 24.5 Å². The third-order valence-electron chi connectivity index (χ3n) is 5.25. The van der Waals surface area contributed by atoms with Gasteiger partial charge < -0.3 is 10.6 Å². The molecule has 1 amide bonds. The third-order valence-corrected chi connectivity index (χ3v) is 5.50. The first kappa shape index (κ1) is 21.2. The summed E-state index contributed by atoms with van der Waals surface area (Å²) >= 11 is 5.89. The Labute approximate surface area is 181 Å². The van der Waals surface area contributed by atoms with Crippen LogP contribution in [-0.4, -0.2) is 31.6 Å². The van der Waals surface area contributed by atoms with E-state index in [0.717, 1.165) is 15.9 Å². The highest BCUT2D eigenvalue weighted by molar-refractivity contribution is 6.30. The van der Waals surface area contributed by atoms with Crippen molar-refractivity contribution in [2.24, 2.45) is 7.05 Å². The summed E-state index contributed by atoms with van der Waals surface area (Å²) in [6.07, 6.45) is -3.00. The maximum absolute atomic E-state index is 13.8. The molecule has 1 aliphatic heterocycles. The van der Waals surface area contributed by atoms with E-state index in [1.54, 1.807) is 42.2 Å². The number of aromatic nitrogens is 4. The lowest BCUT2D eigenvalue weighted by atomic mass is 9.97. The predicted molar refractivity (Wildman–Crippen MR) is 109 cm³/mol. The van der Waals surface area contributed by atoms with Gasteiger partial charge in [-0.05, 0) is 24.6 Å². The molecule has 1 aromatic carbocycles. The molecule has 0 fully saturated rings. The largest absolute Gasteiger partial charge is 0.410 e. The van der Waals surface area contributed by atoms with Crippen LogP contribution in [0, 0.1) is 6.92 Å². The van der Waals surface area contributed by atoms with E-state index >= 15 is 0 Å². The monoisotopic (exact) mass is 452 g/mol. The van der Waals surface area contributed by atoms with Crippen molar-refractivity contribution in [2.45, 2.75) is 38.1 Å². The van der Waals surface area contributed by atoms with E-state index in [2.05, 4.69) is 20.8 Å². The first-order valence-corrected chi connectivity index (χ1v) is 9.95. The van der Waals surface area contributed by atoms with Gasteiger partial charge in [-0.1, -0.05) is 23.7 Å². The van der Waals surface area contributed by atoms with Crippen molar-refractivity contribution in [3.05, 3.63) is 64.1 Å². The zero-order valence-corrected chi connectivity index (χ0v) is 17.5. The van der Waals surface area contributed by atoms with Crippen molar-refractivity contribution in [3.8, 4) is 0 Å². The van der Waals surface area contributed by atoms with Gasteiger partial charge in [-0.2, -0.15) is 23.4 Å². The van der Waals surface area contributed by atoms with E-state index < -0.39 is 24.2 Å². The lowest BCUT2D eigenvalue weighted by molar-refractivity contribution is -0.173. The lowest BCUT2D eigenvalue weighted by Crippen LogP contribution is -2.35. The van der Waals surface area contributed by atoms with Crippen LogP contribution in [0.2, 0.25) is 5.02 Å². The Morgan fingerprint density at radius 1 is 1.29 bits per heavy atom. The van der Waals surface area contributed by atoms with Crippen molar-refractivity contribution < 1.29 is 18.0 Å². The Hall–Kier alpha value is -3.01. The summed E-state index contributed by atoms with van der Waals surface area (Å²) in [5, 5.41) is 14.4. The minimum atomic E-state index is -4.52. The molecule has 0 aliphatic carbocycles. The Morgan fingerprint density at radius 3 is 2.61 bits per heavy atom. The zero-order chi connectivity index (χ0) is 22.3. The van der Waals surface area contributed by atoms with Gasteiger partial charge in [0.15, 0.2) is 11.7 Å². The van der Waals surface area contributed by atoms with Gasteiger partial charge in [0, 0.05) is 42.9 Å². The summed E-state index contributed by atoms with van der Waals surface area (Å²) < 4.78 is 43.8. The first-order valence-electron chi connectivity index (χ1n) is 9.57. The quantitative estimate of drug-likeness (QED) is 0.623. The zero-order valence-electron chi connectivity index (χ0n) is 16.7. The van der Waals surface area contributed by atoms with Crippen LogP contribution in [-0.2, 0) is 13.6 Å². The fraction of sp³-hybridized carbons (Fsp3) is 0.350. The van der Waals surface area contributed by atoms with Crippen molar-refractivity contribution in [1.29, 1.82) is 0 Å². The fourth-order valence-corrected chi connectivity index (χ4v) is 3.81. The number of halogens is 4. The summed E-state index contributed by atoms with van der Waals surface area (Å²) in [5.41, 5.74) is 2.16. The Kier molecular flexibility index (Phi) is 5.42. The van der Waals surface area contributed by atoms with Crippen LogP contribution in [0.25, 0.3) is 0 Å². The van der Waals surface area contributed by atoms with Crippen LogP contribution in [0.15, 0.2) is 36.5 Å². The van der Waals surface area contributed by atoms with Gasteiger partial charge in [-0.15, -0.1) is 0 Å². The molecule has 11 heteroatoms. The van der Waals surface area contributed by atoms with Gasteiger partial charge in [-0.3, -0.25) is 9.48 Å². The van der Waals surface area contributed by atoms with Crippen LogP contribution >= 0.6 is 11.6 Å². The Morgan fingerprint density at radius 2 is 2.00 bits per heavy atom. The minimum absolute atomic E-state index is 0.0879. The van der Waals surface area contributed by atoms with E-state index in [0.29, 0.717) is 10.6 Å². The fourth-order valence-electron chi connectivity index (χ4n) is 3.69. The molecule has 4 rings (SSSR count). The van der Waals surface area contributed by atoms with E-state index in [1.165, 1.54) is 6.07 Å². The van der Waals surface area contributed by atoms with Crippen molar-refractivity contribution in [2.75, 3.05) is 5.32 Å². The van der Waals surface area contributed by atoms with Crippen molar-refractivity contribution >= 4 is 23.3 Å². The molecule has 0 saturated carbocycles. The molecule has 7 nitrogen and oxygen atoms in total. The molecule has 164 valence electrons. The van der Waals surface area contributed by atoms with E-state index in [1.807, 2.05) is 6.92 Å². The van der Waals surface area contributed by atoms with Gasteiger partial charge in [0.05, 0.1) is 11.7 Å². The molecule has 2 atom stereocenters. The summed E-state index contributed by atoms with van der Waals surface area (Å²) in [5.74, 6) is -0.424. The number of alkyl halides is 3. The van der Waals surface area contributed by atoms with Crippen LogP contribution < -0.4 is 10.6 Å². The highest BCUT2D eigenvalue weighted by atomic mass is 35.5. The molecule has 3 heterocycles. The molecule has 0 spiro atoms. The van der Waals surface area contributed by atoms with Crippen LogP contribution in [0.5, 0.6) is 0 Å². The SMILES string of the molecule is Cc1nn(C)cc1CNC(=O)c1cc2n(n1)[C@H](C(F)(F)F)C[C@@H](c1ccc(Cl)cc1)N2. The number of hydrogen-bond acceptors (Lipinski definition) is 4. The molecule has 0 radical (unpaired) electrons. The number of aryl methyl sites for hydroxylation is 2. The van der Waals surface area contributed by atoms with Gasteiger partial charge >= 0.3 is 6.18 Å². The molecule has 0 saturated heterocycles. The molecule has 0 unspecified atom stereocenters. The number of hydrogen-bond donors (Lipinski definition) is 2. The number of benzene rings is 1. The number of anilines is 1. The lowest BCUT2D eigenvalue weighted by Gasteiger charge is -2.33. The minimum Gasteiger partial charge on any atom is -0.363 e. The molecule has 31 heavy (non-hydrogen) atoms. The second-order valence-electron chi connectivity index (χ2n) is 7.50. The molecular weight excluding hydrogens is 433 g/mol. The summed E-state index contributed by atoms with van der Waals surface area (Å²) in [6, 6.07) is 5.52.